The number of ether oxygens (including phenoxy) is 2. The molecule has 0 bridgehead atoms. The van der Waals surface area contributed by atoms with Crippen molar-refractivity contribution in [2.24, 2.45) is 17.3 Å². The highest BCUT2D eigenvalue weighted by molar-refractivity contribution is 5.22. The van der Waals surface area contributed by atoms with Crippen molar-refractivity contribution in [1.82, 2.24) is 15.1 Å². The molecule has 1 aliphatic heterocycles. The van der Waals surface area contributed by atoms with Crippen LogP contribution >= 0.6 is 0 Å². The van der Waals surface area contributed by atoms with Gasteiger partial charge in [0.2, 0.25) is 0 Å². The summed E-state index contributed by atoms with van der Waals surface area (Å²) in [6, 6.07) is 0. The van der Waals surface area contributed by atoms with E-state index < -0.39 is 0 Å². The van der Waals surface area contributed by atoms with Gasteiger partial charge in [-0.05, 0) is 57.0 Å². The Bertz CT molecular complexity index is 657. The van der Waals surface area contributed by atoms with Crippen LogP contribution in [-0.4, -0.2) is 54.1 Å². The van der Waals surface area contributed by atoms with Crippen LogP contribution in [-0.2, 0) is 16.0 Å². The molecule has 3 rings (SSSR count). The summed E-state index contributed by atoms with van der Waals surface area (Å²) in [5.74, 6) is 1.54. The van der Waals surface area contributed by atoms with Crippen molar-refractivity contribution >= 4 is 0 Å². The van der Waals surface area contributed by atoms with E-state index in [1.807, 2.05) is 6.20 Å². The fourth-order valence-corrected chi connectivity index (χ4v) is 5.50. The number of aromatic amines is 1. The monoisotopic (exact) mass is 419 g/mol. The van der Waals surface area contributed by atoms with Crippen molar-refractivity contribution in [2.45, 2.75) is 91.2 Å². The van der Waals surface area contributed by atoms with Crippen molar-refractivity contribution in [3.8, 4) is 0 Å². The minimum absolute atomic E-state index is 0.00488. The van der Waals surface area contributed by atoms with Gasteiger partial charge in [0.05, 0.1) is 25.0 Å². The summed E-state index contributed by atoms with van der Waals surface area (Å²) in [5, 5.41) is 7.81. The Morgan fingerprint density at radius 1 is 1.37 bits per heavy atom. The third kappa shape index (κ3) is 5.86. The zero-order valence-electron chi connectivity index (χ0n) is 20.3. The number of aromatic nitrogens is 2. The van der Waals surface area contributed by atoms with Crippen molar-refractivity contribution in [1.29, 1.82) is 0 Å². The van der Waals surface area contributed by atoms with Gasteiger partial charge in [0, 0.05) is 36.2 Å². The van der Waals surface area contributed by atoms with Gasteiger partial charge in [-0.3, -0.25) is 5.10 Å². The third-order valence-corrected chi connectivity index (χ3v) is 7.02. The summed E-state index contributed by atoms with van der Waals surface area (Å²) < 4.78 is 12.7. The molecule has 30 heavy (non-hydrogen) atoms. The fraction of sp³-hybridized carbons (Fsp3) is 0.880. The first kappa shape index (κ1) is 23.7. The molecule has 172 valence electrons. The first-order valence-electron chi connectivity index (χ1n) is 12.2. The molecule has 2 aliphatic rings. The molecule has 2 fully saturated rings. The molecular weight excluding hydrogens is 374 g/mol. The van der Waals surface area contributed by atoms with Gasteiger partial charge in [0.25, 0.3) is 0 Å². The molecule has 0 amide bonds. The Morgan fingerprint density at radius 3 is 2.83 bits per heavy atom. The molecule has 1 unspecified atom stereocenters. The molecule has 2 heterocycles. The molecule has 1 aromatic rings. The zero-order valence-corrected chi connectivity index (χ0v) is 20.3. The van der Waals surface area contributed by atoms with Crippen LogP contribution in [0.25, 0.3) is 0 Å². The largest absolute Gasteiger partial charge is 0.381 e. The fourth-order valence-electron chi connectivity index (χ4n) is 5.50. The van der Waals surface area contributed by atoms with Crippen LogP contribution in [0.15, 0.2) is 6.20 Å². The van der Waals surface area contributed by atoms with E-state index >= 15 is 0 Å². The van der Waals surface area contributed by atoms with Gasteiger partial charge in [0.1, 0.15) is 0 Å². The highest BCUT2D eigenvalue weighted by atomic mass is 16.5. The Morgan fingerprint density at radius 2 is 2.17 bits per heavy atom. The van der Waals surface area contributed by atoms with Gasteiger partial charge in [-0.1, -0.05) is 41.0 Å². The van der Waals surface area contributed by atoms with E-state index in [0.717, 1.165) is 52.2 Å². The summed E-state index contributed by atoms with van der Waals surface area (Å²) in [6.07, 6.45) is 9.10. The predicted molar refractivity (Wildman–Crippen MR) is 123 cm³/mol. The molecule has 1 N–H and O–H groups in total. The van der Waals surface area contributed by atoms with Gasteiger partial charge in [0.15, 0.2) is 0 Å². The maximum Gasteiger partial charge on any atom is 0.0739 e. The van der Waals surface area contributed by atoms with Crippen molar-refractivity contribution in [3.63, 3.8) is 0 Å². The van der Waals surface area contributed by atoms with Crippen molar-refractivity contribution in [2.75, 3.05) is 33.4 Å². The van der Waals surface area contributed by atoms with E-state index in [1.165, 1.54) is 30.5 Å². The van der Waals surface area contributed by atoms with Gasteiger partial charge in [-0.25, -0.2) is 0 Å². The van der Waals surface area contributed by atoms with Gasteiger partial charge in [-0.15, -0.1) is 0 Å². The second-order valence-electron chi connectivity index (χ2n) is 11.2. The zero-order chi connectivity index (χ0) is 21.8. The summed E-state index contributed by atoms with van der Waals surface area (Å²) in [6.45, 7) is 16.0. The van der Waals surface area contributed by atoms with Crippen molar-refractivity contribution in [3.05, 3.63) is 17.5 Å². The standard InChI is InChI=1S/C25H45N3O2/c1-7-8-11-28(6)14-21-13-26-27-23(21)20-9-10-25(17-24(4,5)18-30-25)22(12-20)16-29-15-19(2)3/h13,19-20,22H,7-12,14-18H2,1-6H3,(H,26,27)/t20-,22?,25-/m1/s1. The topological polar surface area (TPSA) is 50.4 Å². The normalized spacial score (nSPS) is 28.8. The van der Waals surface area contributed by atoms with Crippen LogP contribution in [0.2, 0.25) is 0 Å². The highest BCUT2D eigenvalue weighted by Gasteiger charge is 2.52. The molecule has 0 aromatic carbocycles. The van der Waals surface area contributed by atoms with Crippen LogP contribution in [0.5, 0.6) is 0 Å². The van der Waals surface area contributed by atoms with Crippen LogP contribution in [0.4, 0.5) is 0 Å². The Labute approximate surface area is 184 Å². The first-order valence-corrected chi connectivity index (χ1v) is 12.2. The van der Waals surface area contributed by atoms with Crippen LogP contribution in [0.1, 0.15) is 90.3 Å². The first-order chi connectivity index (χ1) is 14.2. The SMILES string of the molecule is CCCCN(C)Cc1cn[nH]c1[C@@H]1CC[C@@]2(CC(C)(C)CO2)C(COCC(C)C)C1. The Hall–Kier alpha value is -0.910. The van der Waals surface area contributed by atoms with Gasteiger partial charge >= 0.3 is 0 Å². The van der Waals surface area contributed by atoms with E-state index in [4.69, 9.17) is 9.47 Å². The average Bonchev–Trinajstić information content (AvgIpc) is 3.26. The summed E-state index contributed by atoms with van der Waals surface area (Å²) >= 11 is 0. The maximum absolute atomic E-state index is 6.56. The van der Waals surface area contributed by atoms with E-state index in [0.29, 0.717) is 17.8 Å². The van der Waals surface area contributed by atoms with Crippen molar-refractivity contribution < 1.29 is 9.47 Å². The maximum atomic E-state index is 6.56. The minimum Gasteiger partial charge on any atom is -0.381 e. The molecule has 3 atom stereocenters. The number of hydrogen-bond donors (Lipinski definition) is 1. The second kappa shape index (κ2) is 10.1. The smallest absolute Gasteiger partial charge is 0.0739 e. The molecular formula is C25H45N3O2. The molecule has 5 nitrogen and oxygen atoms in total. The lowest BCUT2D eigenvalue weighted by Crippen LogP contribution is -2.45. The number of nitrogens with one attached hydrogen (secondary N) is 1. The number of nitrogens with zero attached hydrogens (tertiary/aromatic N) is 2. The summed E-state index contributed by atoms with van der Waals surface area (Å²) in [5.41, 5.74) is 2.97. The van der Waals surface area contributed by atoms with Crippen LogP contribution in [0.3, 0.4) is 0 Å². The summed E-state index contributed by atoms with van der Waals surface area (Å²) in [4.78, 5) is 2.42. The number of unbranched alkanes of at least 4 members (excludes halogenated alkanes) is 1. The molecule has 1 spiro atoms. The number of rotatable bonds is 10. The highest BCUT2D eigenvalue weighted by Crippen LogP contribution is 2.53. The van der Waals surface area contributed by atoms with Gasteiger partial charge in [-0.2, -0.15) is 5.10 Å². The second-order valence-corrected chi connectivity index (χ2v) is 11.2. The molecule has 5 heteroatoms. The Balaban J connectivity index is 1.70. The molecule has 1 aromatic heterocycles. The van der Waals surface area contributed by atoms with E-state index in [-0.39, 0.29) is 11.0 Å². The lowest BCUT2D eigenvalue weighted by Gasteiger charge is -2.44. The third-order valence-electron chi connectivity index (χ3n) is 7.02. The molecule has 1 saturated carbocycles. The van der Waals surface area contributed by atoms with E-state index in [1.54, 1.807) is 0 Å². The number of H-pyrrole nitrogens is 1. The van der Waals surface area contributed by atoms with Crippen LogP contribution < -0.4 is 0 Å². The Kier molecular flexibility index (Phi) is 8.03. The van der Waals surface area contributed by atoms with E-state index in [9.17, 15) is 0 Å². The quantitative estimate of drug-likeness (QED) is 0.553. The van der Waals surface area contributed by atoms with Gasteiger partial charge < -0.3 is 14.4 Å². The lowest BCUT2D eigenvalue weighted by molar-refractivity contribution is -0.100. The van der Waals surface area contributed by atoms with Crippen LogP contribution in [0, 0.1) is 17.3 Å². The lowest BCUT2D eigenvalue weighted by atomic mass is 9.66. The molecule has 0 radical (unpaired) electrons. The minimum atomic E-state index is -0.00488. The molecule has 1 saturated heterocycles. The van der Waals surface area contributed by atoms with E-state index in [2.05, 4.69) is 56.8 Å². The summed E-state index contributed by atoms with van der Waals surface area (Å²) in [7, 11) is 2.22. The number of hydrogen-bond acceptors (Lipinski definition) is 4. The average molecular weight is 420 g/mol. The predicted octanol–water partition coefficient (Wildman–Crippen LogP) is 5.38. The molecule has 1 aliphatic carbocycles.